The zero-order chi connectivity index (χ0) is 21.0. The van der Waals surface area contributed by atoms with Gasteiger partial charge in [-0.05, 0) is 86.8 Å². The van der Waals surface area contributed by atoms with Crippen molar-refractivity contribution < 1.29 is 18.1 Å². The van der Waals surface area contributed by atoms with Gasteiger partial charge in [-0.15, -0.1) is 0 Å². The Balaban J connectivity index is 1.60. The summed E-state index contributed by atoms with van der Waals surface area (Å²) in [7, 11) is -3.71. The second-order valence-corrected chi connectivity index (χ2v) is 13.0. The van der Waals surface area contributed by atoms with E-state index in [0.29, 0.717) is 34.9 Å². The number of benzene rings is 1. The molecule has 8 heteroatoms. The molecule has 4 aliphatic carbocycles. The zero-order valence-electron chi connectivity index (χ0n) is 17.0. The summed E-state index contributed by atoms with van der Waals surface area (Å²) in [4.78, 5) is 4.53. The van der Waals surface area contributed by atoms with Gasteiger partial charge in [0.05, 0.1) is 5.75 Å². The molecular weight excluding hydrogens is 408 g/mol. The van der Waals surface area contributed by atoms with Gasteiger partial charge in [0.15, 0.2) is 0 Å². The molecule has 4 fully saturated rings. The van der Waals surface area contributed by atoms with Crippen LogP contribution in [0.25, 0.3) is 0 Å². The van der Waals surface area contributed by atoms with E-state index >= 15 is 0 Å². The third-order valence-corrected chi connectivity index (χ3v) is 9.30. The molecular formula is C21H30N2O4S2. The van der Waals surface area contributed by atoms with Gasteiger partial charge in [0, 0.05) is 28.3 Å². The van der Waals surface area contributed by atoms with E-state index in [1.807, 2.05) is 13.0 Å². The molecule has 0 spiro atoms. The van der Waals surface area contributed by atoms with Gasteiger partial charge in [-0.1, -0.05) is 6.07 Å². The van der Waals surface area contributed by atoms with E-state index in [1.165, 1.54) is 12.0 Å². The molecule has 0 amide bonds. The molecule has 0 heterocycles. The molecule has 6 nitrogen and oxygen atoms in total. The molecule has 1 aromatic carbocycles. The molecule has 0 saturated heterocycles. The highest BCUT2D eigenvalue weighted by atomic mass is 33.1. The summed E-state index contributed by atoms with van der Waals surface area (Å²) in [5.41, 5.74) is 9.41. The normalized spacial score (nSPS) is 34.0. The summed E-state index contributed by atoms with van der Waals surface area (Å²) in [6.07, 6.45) is 6.74. The molecule has 0 radical (unpaired) electrons. The molecule has 1 aromatic rings. The number of phenolic OH excluding ortho intramolecular Hbond substituents is 1. The second-order valence-electron chi connectivity index (χ2n) is 9.69. The van der Waals surface area contributed by atoms with Crippen LogP contribution in [-0.2, 0) is 14.6 Å². The third kappa shape index (κ3) is 4.16. The lowest BCUT2D eigenvalue weighted by molar-refractivity contribution is -0.0670. The van der Waals surface area contributed by atoms with Gasteiger partial charge < -0.3 is 10.8 Å². The van der Waals surface area contributed by atoms with Crippen LogP contribution in [-0.4, -0.2) is 36.2 Å². The first-order valence-electron chi connectivity index (χ1n) is 10.2. The molecule has 2 atom stereocenters. The van der Waals surface area contributed by atoms with Crippen LogP contribution in [0.5, 0.6) is 5.75 Å². The second kappa shape index (κ2) is 7.17. The van der Waals surface area contributed by atoms with Crippen LogP contribution in [0.2, 0.25) is 0 Å². The van der Waals surface area contributed by atoms with Crippen LogP contribution in [0.3, 0.4) is 0 Å². The largest absolute Gasteiger partial charge is 0.508 e. The maximum absolute atomic E-state index is 10.9. The number of amidine groups is 1. The minimum Gasteiger partial charge on any atom is -0.508 e. The Hall–Kier alpha value is -1.25. The van der Waals surface area contributed by atoms with Crippen LogP contribution in [0.1, 0.15) is 55.2 Å². The number of hydrogen-bond donors (Lipinski definition) is 3. The molecule has 29 heavy (non-hydrogen) atoms. The van der Waals surface area contributed by atoms with Gasteiger partial charge in [-0.25, -0.2) is 0 Å². The van der Waals surface area contributed by atoms with Crippen LogP contribution in [0.4, 0.5) is 0 Å². The van der Waals surface area contributed by atoms with Crippen molar-refractivity contribution in [3.05, 3.63) is 28.8 Å². The molecule has 2 unspecified atom stereocenters. The number of rotatable bonds is 6. The highest BCUT2D eigenvalue weighted by molar-refractivity contribution is 8.70. The summed E-state index contributed by atoms with van der Waals surface area (Å²) >= 11 is 0. The first-order chi connectivity index (χ1) is 13.5. The number of aromatic hydroxyl groups is 1. The lowest BCUT2D eigenvalue weighted by Gasteiger charge is -2.62. The minimum absolute atomic E-state index is 0.0000956. The Morgan fingerprint density at radius 1 is 1.21 bits per heavy atom. The molecule has 160 valence electrons. The third-order valence-electron chi connectivity index (χ3n) is 7.34. The predicted octanol–water partition coefficient (Wildman–Crippen LogP) is 3.74. The molecule has 0 aromatic heterocycles. The SMILES string of the molecule is Cc1cc(O)c(C23CC4CC(CC(CN=C(N)CSS(=O)(=O)O)(C4)C2)C3)cc1C. The van der Waals surface area contributed by atoms with E-state index in [0.717, 1.165) is 43.2 Å². The molecule has 0 aliphatic heterocycles. The minimum atomic E-state index is -4.11. The van der Waals surface area contributed by atoms with Crippen molar-refractivity contribution >= 4 is 25.8 Å². The first kappa shape index (κ1) is 21.0. The van der Waals surface area contributed by atoms with Crippen molar-refractivity contribution in [2.75, 3.05) is 12.3 Å². The van der Waals surface area contributed by atoms with Gasteiger partial charge in [-0.3, -0.25) is 9.55 Å². The van der Waals surface area contributed by atoms with Gasteiger partial charge in [0.1, 0.15) is 11.6 Å². The molecule has 4 aliphatic rings. The summed E-state index contributed by atoms with van der Waals surface area (Å²) in [6.45, 7) is 4.72. The number of aliphatic imine (C=N–C) groups is 1. The van der Waals surface area contributed by atoms with Gasteiger partial charge in [-0.2, -0.15) is 8.42 Å². The summed E-state index contributed by atoms with van der Waals surface area (Å²) < 4.78 is 30.8. The van der Waals surface area contributed by atoms with Gasteiger partial charge >= 0.3 is 9.15 Å². The molecule has 4 saturated carbocycles. The van der Waals surface area contributed by atoms with E-state index in [1.54, 1.807) is 0 Å². The smallest absolute Gasteiger partial charge is 0.320 e. The van der Waals surface area contributed by atoms with Gasteiger partial charge in [0.2, 0.25) is 0 Å². The van der Waals surface area contributed by atoms with E-state index in [4.69, 9.17) is 10.3 Å². The Morgan fingerprint density at radius 2 is 1.83 bits per heavy atom. The monoisotopic (exact) mass is 438 g/mol. The fraction of sp³-hybridized carbons (Fsp3) is 0.667. The number of phenols is 1. The van der Waals surface area contributed by atoms with Crippen molar-refractivity contribution in [2.45, 2.75) is 57.8 Å². The van der Waals surface area contributed by atoms with Crippen molar-refractivity contribution in [3.8, 4) is 5.75 Å². The lowest BCUT2D eigenvalue weighted by atomic mass is 9.43. The average Bonchev–Trinajstić information content (AvgIpc) is 2.59. The topological polar surface area (TPSA) is 113 Å². The average molecular weight is 439 g/mol. The summed E-state index contributed by atoms with van der Waals surface area (Å²) in [6, 6.07) is 4.09. The van der Waals surface area contributed by atoms with Crippen LogP contribution < -0.4 is 5.73 Å². The Kier molecular flexibility index (Phi) is 5.19. The summed E-state index contributed by atoms with van der Waals surface area (Å²) in [5, 5.41) is 10.8. The van der Waals surface area contributed by atoms with E-state index < -0.39 is 9.15 Å². The zero-order valence-corrected chi connectivity index (χ0v) is 18.7. The maximum atomic E-state index is 10.9. The number of nitrogens with zero attached hydrogens (tertiary/aromatic N) is 1. The lowest BCUT2D eigenvalue weighted by Crippen LogP contribution is -2.55. The predicted molar refractivity (Wildman–Crippen MR) is 117 cm³/mol. The highest BCUT2D eigenvalue weighted by Crippen LogP contribution is 2.66. The molecule has 4 bridgehead atoms. The Bertz CT molecular complexity index is 944. The fourth-order valence-corrected chi connectivity index (χ4v) is 7.80. The number of nitrogens with two attached hydrogens (primary N) is 1. The van der Waals surface area contributed by atoms with Crippen molar-refractivity contribution in [2.24, 2.45) is 28.0 Å². The highest BCUT2D eigenvalue weighted by Gasteiger charge is 2.58. The first-order valence-corrected chi connectivity index (χ1v) is 13.1. The quantitative estimate of drug-likeness (QED) is 0.270. The number of hydrogen-bond acceptors (Lipinski definition) is 5. The standard InChI is InChI=1S/C21H30N2O4S2/c1-13-3-17(18(24)4-14(13)2)21-8-15-5-16(9-21)7-20(6-15,11-21)12-23-19(22)10-28-29(25,26)27/h3-4,15-16,24H,5-12H2,1-2H3,(H2,22,23)(H,25,26,27). The fourth-order valence-electron chi connectivity index (χ4n) is 6.63. The van der Waals surface area contributed by atoms with E-state index in [2.05, 4.69) is 18.0 Å². The Labute approximate surface area is 176 Å². The molecule has 5 rings (SSSR count). The molecule has 4 N–H and O–H groups in total. The van der Waals surface area contributed by atoms with Crippen molar-refractivity contribution in [3.63, 3.8) is 0 Å². The van der Waals surface area contributed by atoms with Gasteiger partial charge in [0.25, 0.3) is 0 Å². The van der Waals surface area contributed by atoms with Crippen molar-refractivity contribution in [1.82, 2.24) is 0 Å². The van der Waals surface area contributed by atoms with Crippen LogP contribution in [0.15, 0.2) is 17.1 Å². The van der Waals surface area contributed by atoms with Crippen LogP contribution >= 0.6 is 10.8 Å². The summed E-state index contributed by atoms with van der Waals surface area (Å²) in [5.74, 6) is 1.93. The number of aryl methyl sites for hydroxylation is 2. The van der Waals surface area contributed by atoms with E-state index in [9.17, 15) is 13.5 Å². The maximum Gasteiger partial charge on any atom is 0.320 e. The van der Waals surface area contributed by atoms with Crippen LogP contribution in [0, 0.1) is 31.1 Å². The Morgan fingerprint density at radius 3 is 2.45 bits per heavy atom. The van der Waals surface area contributed by atoms with Crippen molar-refractivity contribution in [1.29, 1.82) is 0 Å². The van der Waals surface area contributed by atoms with E-state index in [-0.39, 0.29) is 22.4 Å².